The number of hydrogen-bond donors (Lipinski definition) is 2. The second kappa shape index (κ2) is 8.50. The van der Waals surface area contributed by atoms with Crippen LogP contribution in [0, 0.1) is 12.8 Å². The van der Waals surface area contributed by atoms with E-state index in [2.05, 4.69) is 5.32 Å². The Hall–Kier alpha value is -2.13. The molecule has 2 amide bonds. The van der Waals surface area contributed by atoms with Crippen LogP contribution in [0.15, 0.2) is 23.1 Å². The molecule has 2 N–H and O–H groups in total. The summed E-state index contributed by atoms with van der Waals surface area (Å²) in [5.41, 5.74) is 1.06. The summed E-state index contributed by atoms with van der Waals surface area (Å²) in [4.78, 5) is 24.5. The van der Waals surface area contributed by atoms with Gasteiger partial charge >= 0.3 is 12.0 Å². The molecule has 1 aromatic carbocycles. The number of sulfonamides is 1. The summed E-state index contributed by atoms with van der Waals surface area (Å²) in [6.45, 7) is 6.83. The van der Waals surface area contributed by atoms with E-state index >= 15 is 0 Å². The largest absolute Gasteiger partial charge is 0.481 e. The smallest absolute Gasteiger partial charge is 0.321 e. The number of nitrogens with zero attached hydrogens (tertiary/aromatic N) is 2. The lowest BCUT2D eigenvalue weighted by atomic mass is 10.2. The van der Waals surface area contributed by atoms with Gasteiger partial charge in [0.1, 0.15) is 0 Å². The van der Waals surface area contributed by atoms with Crippen molar-refractivity contribution >= 4 is 27.7 Å². The van der Waals surface area contributed by atoms with E-state index in [0.717, 1.165) is 0 Å². The number of nitrogens with one attached hydrogen (secondary N) is 1. The predicted molar refractivity (Wildman–Crippen MR) is 99.7 cm³/mol. The molecule has 0 heterocycles. The molecule has 0 aromatic heterocycles. The van der Waals surface area contributed by atoms with E-state index < -0.39 is 27.9 Å². The molecule has 1 atom stereocenters. The van der Waals surface area contributed by atoms with E-state index in [0.29, 0.717) is 11.3 Å². The molecule has 8 nitrogen and oxygen atoms in total. The molecule has 9 heteroatoms. The summed E-state index contributed by atoms with van der Waals surface area (Å²) >= 11 is 0. The fourth-order valence-corrected chi connectivity index (χ4v) is 3.52. The van der Waals surface area contributed by atoms with Crippen molar-refractivity contribution in [3.8, 4) is 0 Å². The Morgan fingerprint density at radius 1 is 1.19 bits per heavy atom. The number of anilines is 1. The molecule has 0 radical (unpaired) electrons. The van der Waals surface area contributed by atoms with Crippen molar-refractivity contribution in [2.24, 2.45) is 5.92 Å². The zero-order valence-corrected chi connectivity index (χ0v) is 16.8. The predicted octanol–water partition coefficient (Wildman–Crippen LogP) is 2.21. The highest BCUT2D eigenvalue weighted by molar-refractivity contribution is 7.89. The third-order valence-corrected chi connectivity index (χ3v) is 6.20. The molecule has 26 heavy (non-hydrogen) atoms. The first-order valence-corrected chi connectivity index (χ1v) is 9.65. The van der Waals surface area contributed by atoms with Gasteiger partial charge in [0.05, 0.1) is 10.8 Å². The molecule has 0 aliphatic rings. The Kier molecular flexibility index (Phi) is 7.16. The third-order valence-electron chi connectivity index (χ3n) is 4.17. The molecule has 0 aliphatic heterocycles. The monoisotopic (exact) mass is 385 g/mol. The molecule has 1 aromatic rings. The molecule has 0 bridgehead atoms. The maximum Gasteiger partial charge on any atom is 0.321 e. The van der Waals surface area contributed by atoms with Crippen LogP contribution < -0.4 is 5.32 Å². The summed E-state index contributed by atoms with van der Waals surface area (Å²) in [6.07, 6.45) is 0. The minimum Gasteiger partial charge on any atom is -0.481 e. The van der Waals surface area contributed by atoms with E-state index in [1.807, 2.05) is 0 Å². The number of carbonyl (C=O) groups excluding carboxylic acids is 1. The van der Waals surface area contributed by atoms with E-state index in [4.69, 9.17) is 5.11 Å². The van der Waals surface area contributed by atoms with Crippen LogP contribution in [0.4, 0.5) is 10.5 Å². The van der Waals surface area contributed by atoms with Crippen molar-refractivity contribution in [1.29, 1.82) is 0 Å². The molecule has 1 rings (SSSR count). The quantitative estimate of drug-likeness (QED) is 0.748. The molecule has 0 saturated heterocycles. The first kappa shape index (κ1) is 21.9. The van der Waals surface area contributed by atoms with Crippen LogP contribution >= 0.6 is 0 Å². The highest BCUT2D eigenvalue weighted by Crippen LogP contribution is 2.23. The van der Waals surface area contributed by atoms with Crippen molar-refractivity contribution in [3.63, 3.8) is 0 Å². The average Bonchev–Trinajstić information content (AvgIpc) is 2.55. The van der Waals surface area contributed by atoms with E-state index in [9.17, 15) is 18.0 Å². The summed E-state index contributed by atoms with van der Waals surface area (Å²) in [6, 6.07) is 3.82. The highest BCUT2D eigenvalue weighted by atomic mass is 32.2. The van der Waals surface area contributed by atoms with Gasteiger partial charge in [0.15, 0.2) is 0 Å². The van der Waals surface area contributed by atoms with Crippen LogP contribution in [0.25, 0.3) is 0 Å². The van der Waals surface area contributed by atoms with Gasteiger partial charge in [0, 0.05) is 32.4 Å². The van der Waals surface area contributed by atoms with E-state index in [-0.39, 0.29) is 17.5 Å². The van der Waals surface area contributed by atoms with Crippen molar-refractivity contribution in [2.75, 3.05) is 26.0 Å². The molecular weight excluding hydrogens is 358 g/mol. The highest BCUT2D eigenvalue weighted by Gasteiger charge is 2.24. The van der Waals surface area contributed by atoms with Crippen LogP contribution in [0.1, 0.15) is 26.3 Å². The Morgan fingerprint density at radius 3 is 2.27 bits per heavy atom. The number of benzene rings is 1. The maximum absolute atomic E-state index is 12.6. The summed E-state index contributed by atoms with van der Waals surface area (Å²) in [5.74, 6) is -1.70. The molecule has 0 saturated carbocycles. The van der Waals surface area contributed by atoms with Crippen molar-refractivity contribution in [1.82, 2.24) is 9.21 Å². The average molecular weight is 385 g/mol. The number of rotatable bonds is 7. The fraction of sp³-hybridized carbons (Fsp3) is 0.529. The van der Waals surface area contributed by atoms with Gasteiger partial charge in [-0.2, -0.15) is 4.31 Å². The summed E-state index contributed by atoms with van der Waals surface area (Å²) in [7, 11) is -0.691. The lowest BCUT2D eigenvalue weighted by Gasteiger charge is -2.23. The molecule has 1 unspecified atom stereocenters. The van der Waals surface area contributed by atoms with Crippen molar-refractivity contribution < 1.29 is 23.1 Å². The summed E-state index contributed by atoms with van der Waals surface area (Å²) in [5, 5.41) is 11.6. The number of aryl methyl sites for hydroxylation is 1. The fourth-order valence-electron chi connectivity index (χ4n) is 2.12. The lowest BCUT2D eigenvalue weighted by Crippen LogP contribution is -2.37. The van der Waals surface area contributed by atoms with Crippen LogP contribution in [0.2, 0.25) is 0 Å². The number of hydrogen-bond acceptors (Lipinski definition) is 4. The van der Waals surface area contributed by atoms with Crippen LogP contribution in [-0.4, -0.2) is 61.4 Å². The second-order valence-electron chi connectivity index (χ2n) is 6.64. The zero-order valence-electron chi connectivity index (χ0n) is 16.0. The standard InChI is InChI=1S/C17H27N3O5S/c1-11(2)20(6)26(24,25)14-8-7-12(3)15(9-14)18-17(23)19(5)10-13(4)16(21)22/h7-9,11,13H,10H2,1-6H3,(H,18,23)(H,21,22). The summed E-state index contributed by atoms with van der Waals surface area (Å²) < 4.78 is 26.5. The number of carbonyl (C=O) groups is 2. The lowest BCUT2D eigenvalue weighted by molar-refractivity contribution is -0.141. The Balaban J connectivity index is 3.05. The molecule has 0 spiro atoms. The van der Waals surface area contributed by atoms with Gasteiger partial charge in [0.25, 0.3) is 0 Å². The van der Waals surface area contributed by atoms with Crippen LogP contribution in [0.3, 0.4) is 0 Å². The van der Waals surface area contributed by atoms with Gasteiger partial charge in [-0.1, -0.05) is 13.0 Å². The van der Waals surface area contributed by atoms with Gasteiger partial charge in [-0.25, -0.2) is 13.2 Å². The Morgan fingerprint density at radius 2 is 1.77 bits per heavy atom. The topological polar surface area (TPSA) is 107 Å². The second-order valence-corrected chi connectivity index (χ2v) is 8.64. The number of amides is 2. The van der Waals surface area contributed by atoms with Crippen molar-refractivity contribution in [2.45, 2.75) is 38.6 Å². The van der Waals surface area contributed by atoms with Crippen molar-refractivity contribution in [3.05, 3.63) is 23.8 Å². The number of carboxylic acids is 1. The first-order chi connectivity index (χ1) is 11.9. The maximum atomic E-state index is 12.6. The minimum atomic E-state index is -3.67. The Bertz CT molecular complexity index is 777. The van der Waals surface area contributed by atoms with Gasteiger partial charge in [-0.3, -0.25) is 4.79 Å². The normalized spacial score (nSPS) is 12.9. The molecule has 0 aliphatic carbocycles. The third kappa shape index (κ3) is 5.18. The van der Waals surface area contributed by atoms with Crippen LogP contribution in [-0.2, 0) is 14.8 Å². The molecule has 146 valence electrons. The Labute approximate surface area is 154 Å². The van der Waals surface area contributed by atoms with Gasteiger partial charge in [-0.15, -0.1) is 0 Å². The molecular formula is C17H27N3O5S. The first-order valence-electron chi connectivity index (χ1n) is 8.21. The van der Waals surface area contributed by atoms with Gasteiger partial charge in [-0.05, 0) is 38.5 Å². The number of urea groups is 1. The van der Waals surface area contributed by atoms with Gasteiger partial charge in [0.2, 0.25) is 10.0 Å². The SMILES string of the molecule is Cc1ccc(S(=O)(=O)N(C)C(C)C)cc1NC(=O)N(C)CC(C)C(=O)O. The number of aliphatic carboxylic acids is 1. The van der Waals surface area contributed by atoms with Crippen LogP contribution in [0.5, 0.6) is 0 Å². The van der Waals surface area contributed by atoms with Gasteiger partial charge < -0.3 is 15.3 Å². The minimum absolute atomic E-state index is 0.0360. The zero-order chi connectivity index (χ0) is 20.2. The number of carboxylic acid groups (broad SMARTS) is 1. The van der Waals surface area contributed by atoms with E-state index in [1.165, 1.54) is 42.4 Å². The van der Waals surface area contributed by atoms with E-state index in [1.54, 1.807) is 26.8 Å². The molecule has 0 fully saturated rings.